The zero-order valence-corrected chi connectivity index (χ0v) is 10.8. The van der Waals surface area contributed by atoms with Gasteiger partial charge in [-0.25, -0.2) is 4.98 Å². The summed E-state index contributed by atoms with van der Waals surface area (Å²) in [6, 6.07) is 3.34. The van der Waals surface area contributed by atoms with E-state index in [1.807, 2.05) is 19.0 Å². The fourth-order valence-electron chi connectivity index (χ4n) is 1.28. The van der Waals surface area contributed by atoms with Crippen LogP contribution in [0.25, 0.3) is 0 Å². The van der Waals surface area contributed by atoms with Crippen LogP contribution in [0.3, 0.4) is 0 Å². The highest BCUT2D eigenvalue weighted by Gasteiger charge is 2.09. The van der Waals surface area contributed by atoms with Crippen molar-refractivity contribution in [2.24, 2.45) is 0 Å². The number of nitrogen functional groups attached to an aromatic ring is 1. The van der Waals surface area contributed by atoms with Crippen molar-refractivity contribution < 1.29 is 9.53 Å². The molecule has 0 aliphatic rings. The van der Waals surface area contributed by atoms with Gasteiger partial charge in [-0.15, -0.1) is 0 Å². The van der Waals surface area contributed by atoms with Crippen molar-refractivity contribution in [3.63, 3.8) is 0 Å². The molecular weight excluding hydrogens is 232 g/mol. The normalized spacial score (nSPS) is 10.6. The fraction of sp³-hybridized carbons (Fsp3) is 0.500. The van der Waals surface area contributed by atoms with Gasteiger partial charge in [0.1, 0.15) is 0 Å². The Kier molecular flexibility index (Phi) is 6.10. The lowest BCUT2D eigenvalue weighted by Gasteiger charge is -2.10. The van der Waals surface area contributed by atoms with Crippen LogP contribution < -0.4 is 11.1 Å². The first kappa shape index (κ1) is 14.4. The summed E-state index contributed by atoms with van der Waals surface area (Å²) in [6.07, 6.45) is 1.54. The number of amides is 1. The third-order valence-corrected chi connectivity index (χ3v) is 2.27. The van der Waals surface area contributed by atoms with Crippen LogP contribution in [0.2, 0.25) is 0 Å². The summed E-state index contributed by atoms with van der Waals surface area (Å²) < 4.78 is 5.35. The first-order valence-corrected chi connectivity index (χ1v) is 5.82. The standard InChI is InChI=1S/C12H20N4O2/c1-16(2)7-9-18-8-6-15-12(17)11-10(13)4-3-5-14-11/h3-5H,6-9,13H2,1-2H3,(H,15,17). The maximum Gasteiger partial charge on any atom is 0.272 e. The fourth-order valence-corrected chi connectivity index (χ4v) is 1.28. The highest BCUT2D eigenvalue weighted by Crippen LogP contribution is 2.05. The molecule has 6 heteroatoms. The van der Waals surface area contributed by atoms with Crippen LogP contribution in [0.1, 0.15) is 10.5 Å². The van der Waals surface area contributed by atoms with E-state index in [0.29, 0.717) is 25.4 Å². The van der Waals surface area contributed by atoms with Crippen LogP contribution >= 0.6 is 0 Å². The molecule has 1 amide bonds. The Morgan fingerprint density at radius 1 is 1.50 bits per heavy atom. The van der Waals surface area contributed by atoms with E-state index in [-0.39, 0.29) is 11.6 Å². The summed E-state index contributed by atoms with van der Waals surface area (Å²) in [5.74, 6) is -0.274. The number of hydrogen-bond donors (Lipinski definition) is 2. The summed E-state index contributed by atoms with van der Waals surface area (Å²) >= 11 is 0. The molecule has 0 aromatic carbocycles. The number of carbonyl (C=O) groups is 1. The summed E-state index contributed by atoms with van der Waals surface area (Å²) in [5.41, 5.74) is 6.28. The molecule has 0 atom stereocenters. The molecule has 18 heavy (non-hydrogen) atoms. The van der Waals surface area contributed by atoms with Crippen LogP contribution in [-0.2, 0) is 4.74 Å². The van der Waals surface area contributed by atoms with Crippen molar-refractivity contribution in [1.29, 1.82) is 0 Å². The van der Waals surface area contributed by atoms with E-state index in [1.165, 1.54) is 0 Å². The van der Waals surface area contributed by atoms with E-state index in [0.717, 1.165) is 6.54 Å². The van der Waals surface area contributed by atoms with Crippen molar-refractivity contribution in [2.45, 2.75) is 0 Å². The Morgan fingerprint density at radius 3 is 2.94 bits per heavy atom. The topological polar surface area (TPSA) is 80.5 Å². The van der Waals surface area contributed by atoms with Gasteiger partial charge in [-0.05, 0) is 26.2 Å². The van der Waals surface area contributed by atoms with E-state index in [2.05, 4.69) is 10.3 Å². The van der Waals surface area contributed by atoms with Crippen LogP contribution in [0.4, 0.5) is 5.69 Å². The minimum atomic E-state index is -0.274. The number of anilines is 1. The molecule has 3 N–H and O–H groups in total. The van der Waals surface area contributed by atoms with Crippen molar-refractivity contribution in [3.05, 3.63) is 24.0 Å². The first-order chi connectivity index (χ1) is 8.61. The van der Waals surface area contributed by atoms with Gasteiger partial charge < -0.3 is 20.7 Å². The summed E-state index contributed by atoms with van der Waals surface area (Å²) in [5, 5.41) is 2.71. The van der Waals surface area contributed by atoms with E-state index in [9.17, 15) is 4.79 Å². The molecule has 0 aliphatic heterocycles. The van der Waals surface area contributed by atoms with Crippen molar-refractivity contribution >= 4 is 11.6 Å². The average molecular weight is 252 g/mol. The smallest absolute Gasteiger partial charge is 0.272 e. The quantitative estimate of drug-likeness (QED) is 0.666. The molecular formula is C12H20N4O2. The van der Waals surface area contributed by atoms with E-state index < -0.39 is 0 Å². The summed E-state index contributed by atoms with van der Waals surface area (Å²) in [4.78, 5) is 17.7. The van der Waals surface area contributed by atoms with Crippen LogP contribution in [0.5, 0.6) is 0 Å². The van der Waals surface area contributed by atoms with Gasteiger partial charge in [-0.1, -0.05) is 0 Å². The number of carbonyl (C=O) groups excluding carboxylic acids is 1. The number of rotatable bonds is 7. The maximum atomic E-state index is 11.7. The second kappa shape index (κ2) is 7.62. The molecule has 0 spiro atoms. The van der Waals surface area contributed by atoms with E-state index in [1.54, 1.807) is 18.3 Å². The lowest BCUT2D eigenvalue weighted by atomic mass is 10.3. The molecule has 0 aliphatic carbocycles. The third kappa shape index (κ3) is 5.11. The largest absolute Gasteiger partial charge is 0.397 e. The number of nitrogens with two attached hydrogens (primary N) is 1. The minimum absolute atomic E-state index is 0.255. The zero-order valence-electron chi connectivity index (χ0n) is 10.8. The zero-order chi connectivity index (χ0) is 13.4. The van der Waals surface area contributed by atoms with Gasteiger partial charge in [0.2, 0.25) is 0 Å². The molecule has 0 unspecified atom stereocenters. The molecule has 6 nitrogen and oxygen atoms in total. The molecule has 1 rings (SSSR count). The van der Waals surface area contributed by atoms with Gasteiger partial charge in [0.05, 0.1) is 18.9 Å². The molecule has 0 bridgehead atoms. The third-order valence-electron chi connectivity index (χ3n) is 2.27. The van der Waals surface area contributed by atoms with Crippen LogP contribution in [-0.4, -0.2) is 56.2 Å². The lowest BCUT2D eigenvalue weighted by Crippen LogP contribution is -2.29. The summed E-state index contributed by atoms with van der Waals surface area (Å²) in [6.45, 7) is 2.43. The van der Waals surface area contributed by atoms with Crippen LogP contribution in [0, 0.1) is 0 Å². The van der Waals surface area contributed by atoms with Gasteiger partial charge in [0.25, 0.3) is 5.91 Å². The lowest BCUT2D eigenvalue weighted by molar-refractivity contribution is 0.0896. The van der Waals surface area contributed by atoms with Gasteiger partial charge >= 0.3 is 0 Å². The number of pyridine rings is 1. The van der Waals surface area contributed by atoms with Gasteiger partial charge in [0.15, 0.2) is 5.69 Å². The van der Waals surface area contributed by atoms with Crippen molar-refractivity contribution in [2.75, 3.05) is 46.1 Å². The number of aromatic nitrogens is 1. The number of nitrogens with one attached hydrogen (secondary N) is 1. The molecule has 1 aromatic rings. The Hall–Kier alpha value is -1.66. The molecule has 0 fully saturated rings. The van der Waals surface area contributed by atoms with Gasteiger partial charge in [-0.3, -0.25) is 4.79 Å². The molecule has 0 radical (unpaired) electrons. The van der Waals surface area contributed by atoms with E-state index in [4.69, 9.17) is 10.5 Å². The highest BCUT2D eigenvalue weighted by molar-refractivity contribution is 5.96. The second-order valence-electron chi connectivity index (χ2n) is 4.11. The Morgan fingerprint density at radius 2 is 2.28 bits per heavy atom. The highest BCUT2D eigenvalue weighted by atomic mass is 16.5. The average Bonchev–Trinajstić information content (AvgIpc) is 2.33. The minimum Gasteiger partial charge on any atom is -0.397 e. The van der Waals surface area contributed by atoms with Gasteiger partial charge in [-0.2, -0.15) is 0 Å². The molecule has 1 aromatic heterocycles. The number of likely N-dealkylation sites (N-methyl/N-ethyl adjacent to an activating group) is 1. The van der Waals surface area contributed by atoms with Crippen molar-refractivity contribution in [1.82, 2.24) is 15.2 Å². The predicted octanol–water partition coefficient (Wildman–Crippen LogP) is -0.0282. The number of ether oxygens (including phenoxy) is 1. The Balaban J connectivity index is 2.20. The predicted molar refractivity (Wildman–Crippen MR) is 70.4 cm³/mol. The summed E-state index contributed by atoms with van der Waals surface area (Å²) in [7, 11) is 3.96. The Labute approximate surface area is 107 Å². The number of hydrogen-bond acceptors (Lipinski definition) is 5. The molecule has 1 heterocycles. The molecule has 100 valence electrons. The second-order valence-corrected chi connectivity index (χ2v) is 4.11. The Bertz CT molecular complexity index is 382. The van der Waals surface area contributed by atoms with Crippen molar-refractivity contribution in [3.8, 4) is 0 Å². The van der Waals surface area contributed by atoms with E-state index >= 15 is 0 Å². The van der Waals surface area contributed by atoms with Crippen LogP contribution in [0.15, 0.2) is 18.3 Å². The monoisotopic (exact) mass is 252 g/mol. The maximum absolute atomic E-state index is 11.7. The SMILES string of the molecule is CN(C)CCOCCNC(=O)c1ncccc1N. The number of nitrogens with zero attached hydrogens (tertiary/aromatic N) is 2. The van der Waals surface area contributed by atoms with Gasteiger partial charge in [0, 0.05) is 19.3 Å². The molecule has 0 saturated heterocycles. The first-order valence-electron chi connectivity index (χ1n) is 5.82. The molecule has 0 saturated carbocycles.